The molecule has 7 nitrogen and oxygen atoms in total. The first-order valence-electron chi connectivity index (χ1n) is 18.8. The monoisotopic (exact) mass is 707 g/mol. The van der Waals surface area contributed by atoms with Crippen LogP contribution in [-0.2, 0) is 25.6 Å². The largest absolute Gasteiger partial charge is 0.425 e. The Hall–Kier alpha value is -4.17. The molecule has 0 amide bonds. The van der Waals surface area contributed by atoms with E-state index in [1.54, 1.807) is 26.0 Å². The lowest BCUT2D eigenvalue weighted by molar-refractivity contribution is -0.141. The van der Waals surface area contributed by atoms with Crippen LogP contribution in [0.25, 0.3) is 31.9 Å². The van der Waals surface area contributed by atoms with Crippen LogP contribution in [0, 0.1) is 23.7 Å². The first-order valence-corrected chi connectivity index (χ1v) is 19.6. The average Bonchev–Trinajstić information content (AvgIpc) is 3.61. The van der Waals surface area contributed by atoms with Crippen molar-refractivity contribution in [2.24, 2.45) is 23.7 Å². The Bertz CT molecular complexity index is 1760. The van der Waals surface area contributed by atoms with Crippen molar-refractivity contribution in [3.63, 3.8) is 0 Å². The van der Waals surface area contributed by atoms with Crippen molar-refractivity contribution in [2.75, 3.05) is 0 Å². The Labute approximate surface area is 305 Å². The number of thiazole rings is 1. The van der Waals surface area contributed by atoms with Gasteiger partial charge < -0.3 is 9.47 Å². The first-order chi connectivity index (χ1) is 24.7. The molecule has 4 aromatic rings. The Kier molecular flexibility index (Phi) is 12.1. The van der Waals surface area contributed by atoms with Gasteiger partial charge in [0.25, 0.3) is 0 Å². The van der Waals surface area contributed by atoms with Crippen molar-refractivity contribution in [1.29, 1.82) is 0 Å². The molecule has 8 heteroatoms. The number of carbonyl (C=O) groups excluding carboxylic acids is 4. The minimum atomic E-state index is -0.323. The lowest BCUT2D eigenvalue weighted by atomic mass is 9.80. The highest BCUT2D eigenvalue weighted by Gasteiger charge is 2.32. The normalized spacial score (nSPS) is 20.5. The third kappa shape index (κ3) is 9.01. The standard InChI is InChI=1S/C43H49NO6S/c1-4-5-6-7-8-29-9-11-32(12-10-29)33-17-19-34(20-18-33)41-44-39-37(49-42(47)35-21-13-30(14-22-35)27(2)45)25-26-38(40(39)51-41)50-43(48)36-23-15-31(16-24-36)28(3)46/h9-12,17-20,25-26,30-31,35-36H,4-8,13-16,21-24H2,1-3H3. The molecular formula is C43H49NO6S. The minimum absolute atomic E-state index is 0.0133. The van der Waals surface area contributed by atoms with E-state index in [1.807, 2.05) is 12.1 Å². The molecule has 0 aliphatic heterocycles. The molecule has 0 atom stereocenters. The highest BCUT2D eigenvalue weighted by Crippen LogP contribution is 2.42. The average molecular weight is 708 g/mol. The van der Waals surface area contributed by atoms with Crippen LogP contribution in [0.5, 0.6) is 11.5 Å². The molecule has 6 rings (SSSR count). The summed E-state index contributed by atoms with van der Waals surface area (Å²) in [7, 11) is 0. The molecule has 3 aromatic carbocycles. The number of aromatic nitrogens is 1. The number of ether oxygens (including phenoxy) is 2. The highest BCUT2D eigenvalue weighted by atomic mass is 32.1. The van der Waals surface area contributed by atoms with Gasteiger partial charge in [-0.05, 0) is 107 Å². The molecule has 0 saturated heterocycles. The van der Waals surface area contributed by atoms with Crippen LogP contribution in [-0.4, -0.2) is 28.5 Å². The van der Waals surface area contributed by atoms with Crippen molar-refractivity contribution in [1.82, 2.24) is 4.98 Å². The molecule has 0 bridgehead atoms. The third-order valence-electron chi connectivity index (χ3n) is 10.9. The molecule has 268 valence electrons. The predicted octanol–water partition coefficient (Wildman–Crippen LogP) is 10.4. The molecule has 0 unspecified atom stereocenters. The number of esters is 2. The van der Waals surface area contributed by atoms with Gasteiger partial charge in [-0.25, -0.2) is 4.98 Å². The van der Waals surface area contributed by atoms with Gasteiger partial charge in [-0.1, -0.05) is 74.7 Å². The second-order valence-corrected chi connectivity index (χ2v) is 15.5. The van der Waals surface area contributed by atoms with E-state index in [0.717, 1.165) is 28.1 Å². The molecule has 2 fully saturated rings. The maximum absolute atomic E-state index is 13.3. The summed E-state index contributed by atoms with van der Waals surface area (Å²) < 4.78 is 12.7. The molecule has 1 aromatic heterocycles. The fraction of sp³-hybridized carbons (Fsp3) is 0.465. The smallest absolute Gasteiger partial charge is 0.314 e. The summed E-state index contributed by atoms with van der Waals surface area (Å²) in [6.07, 6.45) is 11.3. The maximum atomic E-state index is 13.3. The van der Waals surface area contributed by atoms with Gasteiger partial charge >= 0.3 is 11.9 Å². The lowest BCUT2D eigenvalue weighted by Crippen LogP contribution is -2.28. The number of rotatable bonds is 13. The first kappa shape index (κ1) is 36.6. The van der Waals surface area contributed by atoms with E-state index in [2.05, 4.69) is 43.3 Å². The van der Waals surface area contributed by atoms with E-state index in [9.17, 15) is 19.2 Å². The summed E-state index contributed by atoms with van der Waals surface area (Å²) in [5, 5.41) is 0.726. The summed E-state index contributed by atoms with van der Waals surface area (Å²) in [6, 6.07) is 20.4. The fourth-order valence-electron chi connectivity index (χ4n) is 7.53. The lowest BCUT2D eigenvalue weighted by Gasteiger charge is -2.25. The number of carbonyl (C=O) groups is 4. The Balaban J connectivity index is 1.22. The fourth-order valence-corrected chi connectivity index (χ4v) is 8.56. The topological polar surface area (TPSA) is 99.6 Å². The zero-order chi connectivity index (χ0) is 35.9. The molecule has 2 aliphatic rings. The molecule has 51 heavy (non-hydrogen) atoms. The molecular weight excluding hydrogens is 659 g/mol. The third-order valence-corrected chi connectivity index (χ3v) is 12.0. The number of Topliss-reactive ketones (excluding diaryl/α,β-unsaturated/α-hetero) is 2. The number of fused-ring (bicyclic) bond motifs is 1. The van der Waals surface area contributed by atoms with Gasteiger partial charge in [-0.15, -0.1) is 11.3 Å². The van der Waals surface area contributed by atoms with Gasteiger partial charge in [0.05, 0.1) is 11.8 Å². The molecule has 0 N–H and O–H groups in total. The van der Waals surface area contributed by atoms with Crippen molar-refractivity contribution in [3.05, 3.63) is 66.2 Å². The number of hydrogen-bond acceptors (Lipinski definition) is 8. The predicted molar refractivity (Wildman–Crippen MR) is 202 cm³/mol. The van der Waals surface area contributed by atoms with Crippen LogP contribution < -0.4 is 9.47 Å². The number of hydrogen-bond donors (Lipinski definition) is 0. The van der Waals surface area contributed by atoms with E-state index >= 15 is 0 Å². The number of unbranched alkanes of at least 4 members (excludes halogenated alkanes) is 3. The van der Waals surface area contributed by atoms with Gasteiger partial charge in [0.2, 0.25) is 0 Å². The highest BCUT2D eigenvalue weighted by molar-refractivity contribution is 7.22. The van der Waals surface area contributed by atoms with Gasteiger partial charge in [-0.2, -0.15) is 0 Å². The van der Waals surface area contributed by atoms with Gasteiger partial charge in [-0.3, -0.25) is 19.2 Å². The van der Waals surface area contributed by atoms with Crippen LogP contribution in [0.2, 0.25) is 0 Å². The second-order valence-electron chi connectivity index (χ2n) is 14.5. The summed E-state index contributed by atoms with van der Waals surface area (Å²) in [5.41, 5.74) is 5.01. The number of ketones is 2. The van der Waals surface area contributed by atoms with Crippen LogP contribution in [0.3, 0.4) is 0 Å². The van der Waals surface area contributed by atoms with Crippen molar-refractivity contribution in [3.8, 4) is 33.2 Å². The number of benzene rings is 3. The van der Waals surface area contributed by atoms with E-state index in [1.165, 1.54) is 42.6 Å². The summed E-state index contributed by atoms with van der Waals surface area (Å²) in [6.45, 7) is 5.47. The maximum Gasteiger partial charge on any atom is 0.314 e. The van der Waals surface area contributed by atoms with Crippen molar-refractivity contribution in [2.45, 2.75) is 104 Å². The summed E-state index contributed by atoms with van der Waals surface area (Å²) in [5.74, 6) is -0.0756. The summed E-state index contributed by atoms with van der Waals surface area (Å²) >= 11 is 1.40. The van der Waals surface area contributed by atoms with Crippen LogP contribution in [0.15, 0.2) is 60.7 Å². The van der Waals surface area contributed by atoms with Crippen LogP contribution in [0.1, 0.15) is 103 Å². The van der Waals surface area contributed by atoms with Crippen molar-refractivity contribution < 1.29 is 28.7 Å². The SMILES string of the molecule is CCCCCCc1ccc(-c2ccc(-c3nc4c(OC(=O)C5CCC(C(C)=O)CC5)ccc(OC(=O)C5CCC(C(C)=O)CC5)c4s3)cc2)cc1. The molecule has 2 aliphatic carbocycles. The Morgan fingerprint density at radius 3 is 1.61 bits per heavy atom. The molecule has 0 spiro atoms. The van der Waals surface area contributed by atoms with E-state index < -0.39 is 0 Å². The number of aryl methyl sites for hydroxylation is 1. The minimum Gasteiger partial charge on any atom is -0.425 e. The van der Waals surface area contributed by atoms with Gasteiger partial charge in [0.15, 0.2) is 11.5 Å². The van der Waals surface area contributed by atoms with E-state index in [4.69, 9.17) is 14.5 Å². The summed E-state index contributed by atoms with van der Waals surface area (Å²) in [4.78, 5) is 55.4. The quantitative estimate of drug-likeness (QED) is 0.0775. The molecule has 1 heterocycles. The Morgan fingerprint density at radius 1 is 0.608 bits per heavy atom. The van der Waals surface area contributed by atoms with Crippen LogP contribution in [0.4, 0.5) is 0 Å². The van der Waals surface area contributed by atoms with Crippen molar-refractivity contribution >= 4 is 45.1 Å². The van der Waals surface area contributed by atoms with E-state index in [0.29, 0.717) is 73.1 Å². The van der Waals surface area contributed by atoms with Crippen LogP contribution >= 0.6 is 11.3 Å². The van der Waals surface area contributed by atoms with Gasteiger partial charge in [0.1, 0.15) is 26.8 Å². The zero-order valence-corrected chi connectivity index (χ0v) is 30.9. The zero-order valence-electron chi connectivity index (χ0n) is 30.1. The second kappa shape index (κ2) is 16.9. The van der Waals surface area contributed by atoms with E-state index in [-0.39, 0.29) is 47.2 Å². The Morgan fingerprint density at radius 2 is 1.08 bits per heavy atom. The number of nitrogens with zero attached hydrogens (tertiary/aromatic N) is 1. The van der Waals surface area contributed by atoms with Gasteiger partial charge in [0, 0.05) is 17.4 Å². The molecule has 0 radical (unpaired) electrons. The molecule has 2 saturated carbocycles.